The third-order valence-electron chi connectivity index (χ3n) is 4.11. The number of carbonyl (C=O) groups is 2. The second kappa shape index (κ2) is 8.84. The Kier molecular flexibility index (Phi) is 6.54. The van der Waals surface area contributed by atoms with Gasteiger partial charge in [0, 0.05) is 25.8 Å². The van der Waals surface area contributed by atoms with Crippen LogP contribution in [0.25, 0.3) is 0 Å². The lowest BCUT2D eigenvalue weighted by molar-refractivity contribution is -0.132. The number of aryl methyl sites for hydroxylation is 1. The SMILES string of the molecule is CCN(Cc1ccccc1)C(=O)Cn1c(C)ccc(NC(=O)NC)c1=O. The van der Waals surface area contributed by atoms with Crippen LogP contribution >= 0.6 is 0 Å². The lowest BCUT2D eigenvalue weighted by atomic mass is 10.2. The number of hydrogen-bond donors (Lipinski definition) is 2. The number of benzene rings is 1. The number of hydrogen-bond acceptors (Lipinski definition) is 3. The molecule has 0 aliphatic rings. The predicted molar refractivity (Wildman–Crippen MR) is 101 cm³/mol. The summed E-state index contributed by atoms with van der Waals surface area (Å²) in [5.41, 5.74) is 1.41. The standard InChI is InChI=1S/C19H24N4O3/c1-4-22(12-15-8-6-5-7-9-15)17(24)13-23-14(2)10-11-16(18(23)25)21-19(26)20-3/h5-11H,4,12-13H2,1-3H3,(H2,20,21,26). The van der Waals surface area contributed by atoms with Gasteiger partial charge in [0.1, 0.15) is 12.2 Å². The molecular formula is C19H24N4O3. The van der Waals surface area contributed by atoms with Gasteiger partial charge in [0.2, 0.25) is 5.91 Å². The average molecular weight is 356 g/mol. The molecule has 0 saturated heterocycles. The summed E-state index contributed by atoms with van der Waals surface area (Å²) in [6.45, 7) is 4.61. The normalized spacial score (nSPS) is 10.3. The molecule has 0 fully saturated rings. The number of nitrogens with one attached hydrogen (secondary N) is 2. The van der Waals surface area contributed by atoms with E-state index in [2.05, 4.69) is 10.6 Å². The highest BCUT2D eigenvalue weighted by Crippen LogP contribution is 2.08. The molecule has 0 bridgehead atoms. The fourth-order valence-corrected chi connectivity index (χ4v) is 2.56. The molecule has 138 valence electrons. The fourth-order valence-electron chi connectivity index (χ4n) is 2.56. The zero-order chi connectivity index (χ0) is 19.1. The van der Waals surface area contributed by atoms with Crippen LogP contribution in [-0.2, 0) is 17.9 Å². The van der Waals surface area contributed by atoms with Gasteiger partial charge in [-0.1, -0.05) is 30.3 Å². The summed E-state index contributed by atoms with van der Waals surface area (Å²) in [6, 6.07) is 12.5. The number of nitrogens with zero attached hydrogens (tertiary/aromatic N) is 2. The van der Waals surface area contributed by atoms with Gasteiger partial charge in [-0.05, 0) is 31.5 Å². The summed E-state index contributed by atoms with van der Waals surface area (Å²) in [6.07, 6.45) is 0. The van der Waals surface area contributed by atoms with Crippen molar-refractivity contribution in [2.24, 2.45) is 0 Å². The van der Waals surface area contributed by atoms with Crippen molar-refractivity contribution in [2.75, 3.05) is 18.9 Å². The Labute approximate surface area is 152 Å². The van der Waals surface area contributed by atoms with Crippen LogP contribution in [0.2, 0.25) is 0 Å². The lowest BCUT2D eigenvalue weighted by Crippen LogP contribution is -2.38. The van der Waals surface area contributed by atoms with Crippen molar-refractivity contribution in [3.05, 3.63) is 64.1 Å². The van der Waals surface area contributed by atoms with Crippen LogP contribution in [0.15, 0.2) is 47.3 Å². The zero-order valence-corrected chi connectivity index (χ0v) is 15.3. The highest BCUT2D eigenvalue weighted by molar-refractivity contribution is 5.88. The van der Waals surface area contributed by atoms with Crippen LogP contribution in [0.1, 0.15) is 18.2 Å². The number of anilines is 1. The molecule has 2 N–H and O–H groups in total. The maximum Gasteiger partial charge on any atom is 0.319 e. The minimum atomic E-state index is -0.483. The van der Waals surface area contributed by atoms with Crippen molar-refractivity contribution >= 4 is 17.6 Å². The van der Waals surface area contributed by atoms with Crippen LogP contribution in [0.3, 0.4) is 0 Å². The first-order valence-electron chi connectivity index (χ1n) is 8.47. The van der Waals surface area contributed by atoms with E-state index in [1.54, 1.807) is 17.9 Å². The Morgan fingerprint density at radius 3 is 2.42 bits per heavy atom. The summed E-state index contributed by atoms with van der Waals surface area (Å²) in [7, 11) is 1.47. The van der Waals surface area contributed by atoms with Crippen molar-refractivity contribution in [2.45, 2.75) is 26.9 Å². The van der Waals surface area contributed by atoms with E-state index in [4.69, 9.17) is 0 Å². The minimum absolute atomic E-state index is 0.0748. The van der Waals surface area contributed by atoms with Gasteiger partial charge in [0.25, 0.3) is 5.56 Å². The number of likely N-dealkylation sites (N-methyl/N-ethyl adjacent to an activating group) is 1. The summed E-state index contributed by atoms with van der Waals surface area (Å²) in [5, 5.41) is 4.87. The smallest absolute Gasteiger partial charge is 0.319 e. The van der Waals surface area contributed by atoms with E-state index in [0.717, 1.165) is 5.56 Å². The van der Waals surface area contributed by atoms with Crippen LogP contribution in [0.4, 0.5) is 10.5 Å². The molecule has 2 rings (SSSR count). The van der Waals surface area contributed by atoms with E-state index in [9.17, 15) is 14.4 Å². The van der Waals surface area contributed by atoms with E-state index in [0.29, 0.717) is 18.8 Å². The summed E-state index contributed by atoms with van der Waals surface area (Å²) >= 11 is 0. The van der Waals surface area contributed by atoms with Gasteiger partial charge in [-0.2, -0.15) is 0 Å². The van der Waals surface area contributed by atoms with E-state index in [-0.39, 0.29) is 18.1 Å². The van der Waals surface area contributed by atoms with Gasteiger partial charge < -0.3 is 20.1 Å². The van der Waals surface area contributed by atoms with Crippen molar-refractivity contribution in [1.29, 1.82) is 0 Å². The molecular weight excluding hydrogens is 332 g/mol. The van der Waals surface area contributed by atoms with Crippen molar-refractivity contribution in [3.8, 4) is 0 Å². The lowest BCUT2D eigenvalue weighted by Gasteiger charge is -2.22. The number of amides is 3. The summed E-state index contributed by atoms with van der Waals surface area (Å²) in [4.78, 5) is 38.5. The Morgan fingerprint density at radius 2 is 1.81 bits per heavy atom. The fraction of sp³-hybridized carbons (Fsp3) is 0.316. The summed E-state index contributed by atoms with van der Waals surface area (Å²) in [5.74, 6) is -0.154. The Hall–Kier alpha value is -3.09. The van der Waals surface area contributed by atoms with E-state index < -0.39 is 11.6 Å². The van der Waals surface area contributed by atoms with Crippen molar-refractivity contribution in [1.82, 2.24) is 14.8 Å². The molecule has 0 aliphatic carbocycles. The van der Waals surface area contributed by atoms with E-state index in [1.165, 1.54) is 17.7 Å². The molecule has 0 unspecified atom stereocenters. The highest BCUT2D eigenvalue weighted by Gasteiger charge is 2.16. The van der Waals surface area contributed by atoms with Gasteiger partial charge in [-0.25, -0.2) is 4.79 Å². The maximum atomic E-state index is 12.7. The zero-order valence-electron chi connectivity index (χ0n) is 15.3. The highest BCUT2D eigenvalue weighted by atomic mass is 16.2. The summed E-state index contributed by atoms with van der Waals surface area (Å²) < 4.78 is 1.38. The van der Waals surface area contributed by atoms with Crippen LogP contribution in [0, 0.1) is 6.92 Å². The van der Waals surface area contributed by atoms with Gasteiger partial charge in [0.15, 0.2) is 0 Å². The molecule has 0 radical (unpaired) electrons. The first-order chi connectivity index (χ1) is 12.5. The molecule has 7 heteroatoms. The molecule has 1 aromatic heterocycles. The molecule has 0 aliphatic heterocycles. The minimum Gasteiger partial charge on any atom is -0.341 e. The Balaban J connectivity index is 2.20. The third kappa shape index (κ3) is 4.72. The number of carbonyl (C=O) groups excluding carboxylic acids is 2. The molecule has 1 aromatic carbocycles. The predicted octanol–water partition coefficient (Wildman–Crippen LogP) is 1.96. The second-order valence-electron chi connectivity index (χ2n) is 5.88. The average Bonchev–Trinajstić information content (AvgIpc) is 2.65. The van der Waals surface area contributed by atoms with Crippen LogP contribution in [-0.4, -0.2) is 35.0 Å². The molecule has 3 amide bonds. The molecule has 7 nitrogen and oxygen atoms in total. The number of urea groups is 1. The number of aromatic nitrogens is 1. The largest absolute Gasteiger partial charge is 0.341 e. The topological polar surface area (TPSA) is 83.4 Å². The van der Waals surface area contributed by atoms with Gasteiger partial charge in [0.05, 0.1) is 0 Å². The molecule has 2 aromatic rings. The van der Waals surface area contributed by atoms with Crippen molar-refractivity contribution < 1.29 is 9.59 Å². The van der Waals surface area contributed by atoms with Crippen LogP contribution < -0.4 is 16.2 Å². The Morgan fingerprint density at radius 1 is 1.12 bits per heavy atom. The molecule has 26 heavy (non-hydrogen) atoms. The second-order valence-corrected chi connectivity index (χ2v) is 5.88. The van der Waals surface area contributed by atoms with Crippen LogP contribution in [0.5, 0.6) is 0 Å². The Bertz CT molecular complexity index is 830. The number of rotatable bonds is 6. The number of pyridine rings is 1. The molecule has 1 heterocycles. The van der Waals surface area contributed by atoms with E-state index >= 15 is 0 Å². The van der Waals surface area contributed by atoms with Gasteiger partial charge in [-0.3, -0.25) is 9.59 Å². The third-order valence-corrected chi connectivity index (χ3v) is 4.11. The maximum absolute atomic E-state index is 12.7. The quantitative estimate of drug-likeness (QED) is 0.830. The van der Waals surface area contributed by atoms with E-state index in [1.807, 2.05) is 37.3 Å². The molecule has 0 atom stereocenters. The first-order valence-corrected chi connectivity index (χ1v) is 8.47. The first kappa shape index (κ1) is 19.2. The van der Waals surface area contributed by atoms with Crippen molar-refractivity contribution in [3.63, 3.8) is 0 Å². The monoisotopic (exact) mass is 356 g/mol. The van der Waals surface area contributed by atoms with Gasteiger partial charge >= 0.3 is 6.03 Å². The molecule has 0 spiro atoms. The van der Waals surface area contributed by atoms with Gasteiger partial charge in [-0.15, -0.1) is 0 Å². The molecule has 0 saturated carbocycles.